The molecule has 5 nitrogen and oxygen atoms in total. The van der Waals surface area contributed by atoms with Crippen molar-refractivity contribution in [2.24, 2.45) is 0 Å². The van der Waals surface area contributed by atoms with Crippen LogP contribution in [0.1, 0.15) is 19.4 Å². The number of ether oxygens (including phenoxy) is 3. The highest BCUT2D eigenvalue weighted by Gasteiger charge is 2.12. The Kier molecular flexibility index (Phi) is 4.70. The average molecular weight is 325 g/mol. The molecule has 0 bridgehead atoms. The first-order valence-corrected chi connectivity index (χ1v) is 7.75. The summed E-state index contributed by atoms with van der Waals surface area (Å²) in [6, 6.07) is 12.8. The van der Waals surface area contributed by atoms with E-state index in [4.69, 9.17) is 14.2 Å². The number of nitrogens with one attached hydrogen (secondary N) is 1. The lowest BCUT2D eigenvalue weighted by atomic mass is 10.2. The fourth-order valence-corrected chi connectivity index (χ4v) is 2.26. The monoisotopic (exact) mass is 325 g/mol. The normalized spacial score (nSPS) is 12.6. The van der Waals surface area contributed by atoms with Gasteiger partial charge in [-0.15, -0.1) is 0 Å². The summed E-state index contributed by atoms with van der Waals surface area (Å²) >= 11 is 0. The quantitative estimate of drug-likeness (QED) is 0.848. The molecule has 1 heterocycles. The Morgan fingerprint density at radius 2 is 1.88 bits per heavy atom. The second-order valence-electron chi connectivity index (χ2n) is 5.63. The predicted molar refractivity (Wildman–Crippen MR) is 92.4 cm³/mol. The molecule has 0 radical (unpaired) electrons. The summed E-state index contributed by atoms with van der Waals surface area (Å²) < 4.78 is 16.1. The van der Waals surface area contributed by atoms with E-state index < -0.39 is 0 Å². The van der Waals surface area contributed by atoms with Crippen molar-refractivity contribution < 1.29 is 19.0 Å². The lowest BCUT2D eigenvalue weighted by Gasteiger charge is -2.10. The largest absolute Gasteiger partial charge is 0.491 e. The van der Waals surface area contributed by atoms with E-state index in [2.05, 4.69) is 5.32 Å². The number of benzene rings is 2. The Morgan fingerprint density at radius 1 is 1.12 bits per heavy atom. The predicted octanol–water partition coefficient (Wildman–Crippen LogP) is 3.85. The van der Waals surface area contributed by atoms with E-state index in [-0.39, 0.29) is 18.8 Å². The zero-order valence-corrected chi connectivity index (χ0v) is 13.6. The molecule has 2 aromatic rings. The van der Waals surface area contributed by atoms with E-state index in [1.165, 1.54) is 6.08 Å². The number of hydrogen-bond donors (Lipinski definition) is 1. The molecule has 1 N–H and O–H groups in total. The highest BCUT2D eigenvalue weighted by Crippen LogP contribution is 2.32. The van der Waals surface area contributed by atoms with Crippen LogP contribution in [0.3, 0.4) is 0 Å². The molecule has 3 rings (SSSR count). The van der Waals surface area contributed by atoms with Crippen LogP contribution in [0.5, 0.6) is 17.2 Å². The van der Waals surface area contributed by atoms with Crippen LogP contribution in [-0.4, -0.2) is 18.8 Å². The van der Waals surface area contributed by atoms with Gasteiger partial charge in [0.15, 0.2) is 11.5 Å². The van der Waals surface area contributed by atoms with E-state index in [0.29, 0.717) is 11.4 Å². The molecule has 2 aromatic carbocycles. The van der Waals surface area contributed by atoms with Gasteiger partial charge in [0.1, 0.15) is 5.75 Å². The SMILES string of the molecule is CC(C)Oc1ccc(NC(=O)/C=C/c2ccc3c(c2)OCO3)cc1. The Morgan fingerprint density at radius 3 is 2.62 bits per heavy atom. The van der Waals surface area contributed by atoms with E-state index in [1.807, 2.05) is 56.3 Å². The van der Waals surface area contributed by atoms with E-state index in [1.54, 1.807) is 6.08 Å². The molecule has 1 amide bonds. The lowest BCUT2D eigenvalue weighted by Crippen LogP contribution is -2.08. The molecule has 124 valence electrons. The van der Waals surface area contributed by atoms with Crippen LogP contribution in [-0.2, 0) is 4.79 Å². The molecule has 0 saturated heterocycles. The second kappa shape index (κ2) is 7.08. The third-order valence-corrected chi connectivity index (χ3v) is 3.32. The van der Waals surface area contributed by atoms with Gasteiger partial charge in [-0.05, 0) is 61.9 Å². The molecule has 0 aliphatic carbocycles. The molecular formula is C19H19NO4. The summed E-state index contributed by atoms with van der Waals surface area (Å²) in [5, 5.41) is 2.81. The van der Waals surface area contributed by atoms with Crippen LogP contribution in [0.25, 0.3) is 6.08 Å². The lowest BCUT2D eigenvalue weighted by molar-refractivity contribution is -0.111. The first-order valence-electron chi connectivity index (χ1n) is 7.75. The summed E-state index contributed by atoms with van der Waals surface area (Å²) in [6.07, 6.45) is 3.33. The van der Waals surface area contributed by atoms with Crippen LogP contribution in [0.15, 0.2) is 48.5 Å². The zero-order chi connectivity index (χ0) is 16.9. The molecule has 0 saturated carbocycles. The number of hydrogen-bond acceptors (Lipinski definition) is 4. The summed E-state index contributed by atoms with van der Waals surface area (Å²) in [7, 11) is 0. The van der Waals surface area contributed by atoms with Crippen molar-refractivity contribution in [3.05, 3.63) is 54.1 Å². The van der Waals surface area contributed by atoms with Crippen molar-refractivity contribution in [3.63, 3.8) is 0 Å². The molecule has 0 spiro atoms. The number of carbonyl (C=O) groups is 1. The second-order valence-corrected chi connectivity index (χ2v) is 5.63. The molecular weight excluding hydrogens is 306 g/mol. The van der Waals surface area contributed by atoms with Gasteiger partial charge in [-0.2, -0.15) is 0 Å². The van der Waals surface area contributed by atoms with Gasteiger partial charge in [-0.1, -0.05) is 6.07 Å². The molecule has 1 aliphatic rings. The van der Waals surface area contributed by atoms with Gasteiger partial charge in [0, 0.05) is 11.8 Å². The molecule has 0 unspecified atom stereocenters. The van der Waals surface area contributed by atoms with Gasteiger partial charge in [-0.3, -0.25) is 4.79 Å². The summed E-state index contributed by atoms with van der Waals surface area (Å²) in [6.45, 7) is 4.17. The van der Waals surface area contributed by atoms with E-state index >= 15 is 0 Å². The van der Waals surface area contributed by atoms with Gasteiger partial charge in [0.25, 0.3) is 0 Å². The molecule has 0 aromatic heterocycles. The minimum Gasteiger partial charge on any atom is -0.491 e. The minimum absolute atomic E-state index is 0.120. The fraction of sp³-hybridized carbons (Fsp3) is 0.211. The van der Waals surface area contributed by atoms with Crippen molar-refractivity contribution >= 4 is 17.7 Å². The Hall–Kier alpha value is -2.95. The van der Waals surface area contributed by atoms with Crippen molar-refractivity contribution in [1.82, 2.24) is 0 Å². The highest BCUT2D eigenvalue weighted by atomic mass is 16.7. The van der Waals surface area contributed by atoms with Crippen molar-refractivity contribution in [2.75, 3.05) is 12.1 Å². The van der Waals surface area contributed by atoms with Crippen LogP contribution < -0.4 is 19.5 Å². The standard InChI is InChI=1S/C19H19NO4/c1-13(2)24-16-7-5-15(6-8-16)20-19(21)10-4-14-3-9-17-18(11-14)23-12-22-17/h3-11,13H,12H2,1-2H3,(H,20,21)/b10-4+. The Labute approximate surface area is 140 Å². The maximum Gasteiger partial charge on any atom is 0.248 e. The summed E-state index contributed by atoms with van der Waals surface area (Å²) in [5.41, 5.74) is 1.58. The van der Waals surface area contributed by atoms with Gasteiger partial charge in [-0.25, -0.2) is 0 Å². The third-order valence-electron chi connectivity index (χ3n) is 3.32. The van der Waals surface area contributed by atoms with Crippen molar-refractivity contribution in [1.29, 1.82) is 0 Å². The number of amides is 1. The molecule has 1 aliphatic heterocycles. The molecule has 24 heavy (non-hydrogen) atoms. The maximum atomic E-state index is 12.0. The van der Waals surface area contributed by atoms with Crippen LogP contribution in [0.2, 0.25) is 0 Å². The number of rotatable bonds is 5. The van der Waals surface area contributed by atoms with Gasteiger partial charge in [0.05, 0.1) is 6.10 Å². The first-order chi connectivity index (χ1) is 11.6. The minimum atomic E-state index is -0.204. The first kappa shape index (κ1) is 15.9. The smallest absolute Gasteiger partial charge is 0.248 e. The molecule has 5 heteroatoms. The number of fused-ring (bicyclic) bond motifs is 1. The Bertz CT molecular complexity index is 750. The average Bonchev–Trinajstić information content (AvgIpc) is 3.02. The highest BCUT2D eigenvalue weighted by molar-refractivity contribution is 6.01. The van der Waals surface area contributed by atoms with Crippen molar-refractivity contribution in [2.45, 2.75) is 20.0 Å². The van der Waals surface area contributed by atoms with Crippen molar-refractivity contribution in [3.8, 4) is 17.2 Å². The molecule has 0 atom stereocenters. The van der Waals surface area contributed by atoms with Gasteiger partial charge >= 0.3 is 0 Å². The van der Waals surface area contributed by atoms with Crippen LogP contribution in [0, 0.1) is 0 Å². The molecule has 0 fully saturated rings. The fourth-order valence-electron chi connectivity index (χ4n) is 2.26. The van der Waals surface area contributed by atoms with Crippen LogP contribution >= 0.6 is 0 Å². The van der Waals surface area contributed by atoms with E-state index in [0.717, 1.165) is 17.1 Å². The van der Waals surface area contributed by atoms with Gasteiger partial charge < -0.3 is 19.5 Å². The number of anilines is 1. The summed E-state index contributed by atoms with van der Waals surface area (Å²) in [5.74, 6) is 1.99. The van der Waals surface area contributed by atoms with Crippen LogP contribution in [0.4, 0.5) is 5.69 Å². The topological polar surface area (TPSA) is 56.8 Å². The van der Waals surface area contributed by atoms with E-state index in [9.17, 15) is 4.79 Å². The van der Waals surface area contributed by atoms with Gasteiger partial charge in [0.2, 0.25) is 12.7 Å². The Balaban J connectivity index is 1.59. The number of carbonyl (C=O) groups excluding carboxylic acids is 1. The maximum absolute atomic E-state index is 12.0. The third kappa shape index (κ3) is 4.07. The summed E-state index contributed by atoms with van der Waals surface area (Å²) in [4.78, 5) is 12.0. The zero-order valence-electron chi connectivity index (χ0n) is 13.6.